The van der Waals surface area contributed by atoms with Crippen molar-refractivity contribution in [2.45, 2.75) is 13.1 Å². The quantitative estimate of drug-likeness (QED) is 0.797. The second-order valence-electron chi connectivity index (χ2n) is 4.37. The lowest BCUT2D eigenvalue weighted by Crippen LogP contribution is -2.23. The van der Waals surface area contributed by atoms with Crippen molar-refractivity contribution in [3.63, 3.8) is 0 Å². The van der Waals surface area contributed by atoms with E-state index in [1.165, 1.54) is 6.07 Å². The molecule has 0 aliphatic heterocycles. The average Bonchev–Trinajstić information content (AvgIpc) is 2.45. The molecule has 0 bridgehead atoms. The molecule has 0 aliphatic rings. The summed E-state index contributed by atoms with van der Waals surface area (Å²) in [6.45, 7) is 0.740. The van der Waals surface area contributed by atoms with Crippen molar-refractivity contribution < 1.29 is 14.3 Å². The number of amides is 1. The van der Waals surface area contributed by atoms with Crippen LogP contribution in [0.3, 0.4) is 0 Å². The van der Waals surface area contributed by atoms with Crippen molar-refractivity contribution in [1.82, 2.24) is 5.32 Å². The molecular formula is C15H15FN2O2. The van der Waals surface area contributed by atoms with Gasteiger partial charge in [0.05, 0.1) is 5.56 Å². The Morgan fingerprint density at radius 3 is 2.65 bits per heavy atom. The molecule has 0 aromatic heterocycles. The Bertz CT molecular complexity index is 629. The monoisotopic (exact) mass is 274 g/mol. The van der Waals surface area contributed by atoms with Crippen LogP contribution in [-0.2, 0) is 13.1 Å². The predicted molar refractivity (Wildman–Crippen MR) is 73.6 cm³/mol. The van der Waals surface area contributed by atoms with Crippen molar-refractivity contribution >= 4 is 5.91 Å². The minimum Gasteiger partial charge on any atom is -0.507 e. The molecule has 5 heteroatoms. The highest BCUT2D eigenvalue weighted by atomic mass is 19.1. The van der Waals surface area contributed by atoms with Crippen LogP contribution in [0, 0.1) is 5.82 Å². The minimum atomic E-state index is -0.588. The second kappa shape index (κ2) is 6.16. The number of halogens is 1. The van der Waals surface area contributed by atoms with E-state index >= 15 is 0 Å². The van der Waals surface area contributed by atoms with E-state index in [2.05, 4.69) is 5.32 Å². The maximum Gasteiger partial charge on any atom is 0.255 e. The van der Waals surface area contributed by atoms with Crippen LogP contribution in [0.2, 0.25) is 0 Å². The van der Waals surface area contributed by atoms with Crippen molar-refractivity contribution in [2.75, 3.05) is 0 Å². The predicted octanol–water partition coefficient (Wildman–Crippen LogP) is 1.92. The van der Waals surface area contributed by atoms with Crippen molar-refractivity contribution in [3.05, 3.63) is 65.0 Å². The molecule has 0 aliphatic carbocycles. The minimum absolute atomic E-state index is 0.0429. The summed E-state index contributed by atoms with van der Waals surface area (Å²) in [4.78, 5) is 11.9. The number of carbonyl (C=O) groups excluding carboxylic acids is 1. The van der Waals surface area contributed by atoms with E-state index in [1.807, 2.05) is 24.3 Å². The number of aromatic hydroxyl groups is 1. The Labute approximate surface area is 116 Å². The largest absolute Gasteiger partial charge is 0.507 e. The van der Waals surface area contributed by atoms with Crippen LogP contribution in [-0.4, -0.2) is 11.0 Å². The van der Waals surface area contributed by atoms with Crippen LogP contribution < -0.4 is 11.1 Å². The van der Waals surface area contributed by atoms with Crippen LogP contribution in [0.25, 0.3) is 0 Å². The van der Waals surface area contributed by atoms with Crippen LogP contribution in [0.4, 0.5) is 4.39 Å². The normalized spacial score (nSPS) is 10.3. The fourth-order valence-electron chi connectivity index (χ4n) is 1.84. The molecule has 2 aromatic carbocycles. The molecule has 4 N–H and O–H groups in total. The van der Waals surface area contributed by atoms with Gasteiger partial charge in [0.2, 0.25) is 0 Å². The fraction of sp³-hybridized carbons (Fsp3) is 0.133. The summed E-state index contributed by atoms with van der Waals surface area (Å²) >= 11 is 0. The van der Waals surface area contributed by atoms with E-state index < -0.39 is 11.7 Å². The third-order valence-corrected chi connectivity index (χ3v) is 2.88. The number of nitrogens with two attached hydrogens (primary N) is 1. The third kappa shape index (κ3) is 3.33. The van der Waals surface area contributed by atoms with Crippen molar-refractivity contribution in [2.24, 2.45) is 5.73 Å². The van der Waals surface area contributed by atoms with Gasteiger partial charge in [-0.3, -0.25) is 4.79 Å². The van der Waals surface area contributed by atoms with E-state index in [0.29, 0.717) is 13.1 Å². The Balaban J connectivity index is 2.04. The van der Waals surface area contributed by atoms with E-state index in [9.17, 15) is 14.3 Å². The second-order valence-corrected chi connectivity index (χ2v) is 4.37. The first kappa shape index (κ1) is 14.0. The third-order valence-electron chi connectivity index (χ3n) is 2.88. The Kier molecular flexibility index (Phi) is 4.32. The zero-order valence-electron chi connectivity index (χ0n) is 10.8. The first-order valence-electron chi connectivity index (χ1n) is 6.15. The number of hydrogen-bond donors (Lipinski definition) is 3. The molecule has 0 heterocycles. The molecule has 20 heavy (non-hydrogen) atoms. The summed E-state index contributed by atoms with van der Waals surface area (Å²) in [6.07, 6.45) is 0. The van der Waals surface area contributed by atoms with Gasteiger partial charge in [0, 0.05) is 19.2 Å². The summed E-state index contributed by atoms with van der Waals surface area (Å²) in [6, 6.07) is 10.8. The number of phenolic OH excluding ortho intramolecular Hbond substituents is 1. The molecule has 0 saturated carbocycles. The summed E-state index contributed by atoms with van der Waals surface area (Å²) in [5.74, 6) is -1.42. The lowest BCUT2D eigenvalue weighted by Gasteiger charge is -2.08. The maximum atomic E-state index is 12.8. The lowest BCUT2D eigenvalue weighted by atomic mass is 10.1. The highest BCUT2D eigenvalue weighted by molar-refractivity contribution is 5.96. The summed E-state index contributed by atoms with van der Waals surface area (Å²) in [5, 5.41) is 12.2. The Morgan fingerprint density at radius 1 is 1.20 bits per heavy atom. The van der Waals surface area contributed by atoms with E-state index in [0.717, 1.165) is 23.3 Å². The van der Waals surface area contributed by atoms with Gasteiger partial charge in [-0.2, -0.15) is 0 Å². The van der Waals surface area contributed by atoms with Gasteiger partial charge in [0.15, 0.2) is 0 Å². The molecule has 2 rings (SSSR count). The molecule has 0 fully saturated rings. The Hall–Kier alpha value is -2.40. The number of carbonyl (C=O) groups is 1. The lowest BCUT2D eigenvalue weighted by molar-refractivity contribution is 0.0948. The SMILES string of the molecule is NCc1cccc(CNC(=O)c2ccc(F)cc2O)c1. The average molecular weight is 274 g/mol. The Morgan fingerprint density at radius 2 is 1.95 bits per heavy atom. The van der Waals surface area contributed by atoms with Crippen molar-refractivity contribution in [3.8, 4) is 5.75 Å². The highest BCUT2D eigenvalue weighted by Crippen LogP contribution is 2.18. The molecule has 4 nitrogen and oxygen atoms in total. The highest BCUT2D eigenvalue weighted by Gasteiger charge is 2.11. The summed E-state index contributed by atoms with van der Waals surface area (Å²) in [5.41, 5.74) is 7.47. The van der Waals surface area contributed by atoms with Gasteiger partial charge in [-0.1, -0.05) is 24.3 Å². The first-order chi connectivity index (χ1) is 9.60. The fourth-order valence-corrected chi connectivity index (χ4v) is 1.84. The van der Waals surface area contributed by atoms with E-state index in [-0.39, 0.29) is 11.3 Å². The zero-order chi connectivity index (χ0) is 14.5. The molecule has 1 amide bonds. The number of benzene rings is 2. The van der Waals surface area contributed by atoms with Crippen LogP contribution in [0.15, 0.2) is 42.5 Å². The van der Waals surface area contributed by atoms with Crippen LogP contribution in [0.5, 0.6) is 5.75 Å². The molecule has 0 saturated heterocycles. The summed E-state index contributed by atoms with van der Waals surface area (Å²) in [7, 11) is 0. The topological polar surface area (TPSA) is 75.3 Å². The molecule has 0 radical (unpaired) electrons. The van der Waals surface area contributed by atoms with Crippen LogP contribution in [0.1, 0.15) is 21.5 Å². The molecular weight excluding hydrogens is 259 g/mol. The maximum absolute atomic E-state index is 12.8. The van der Waals surface area contributed by atoms with Gasteiger partial charge in [0.25, 0.3) is 5.91 Å². The van der Waals surface area contributed by atoms with E-state index in [1.54, 1.807) is 0 Å². The van der Waals surface area contributed by atoms with Gasteiger partial charge in [-0.15, -0.1) is 0 Å². The van der Waals surface area contributed by atoms with Crippen molar-refractivity contribution in [1.29, 1.82) is 0 Å². The number of phenols is 1. The molecule has 0 atom stereocenters. The molecule has 2 aromatic rings. The van der Waals surface area contributed by atoms with Gasteiger partial charge in [-0.25, -0.2) is 4.39 Å². The number of rotatable bonds is 4. The van der Waals surface area contributed by atoms with Gasteiger partial charge < -0.3 is 16.2 Å². The standard InChI is InChI=1S/C15H15FN2O2/c16-12-4-5-13(14(19)7-12)15(20)18-9-11-3-1-2-10(6-11)8-17/h1-7,19H,8-9,17H2,(H,18,20). The number of nitrogens with one attached hydrogen (secondary N) is 1. The first-order valence-corrected chi connectivity index (χ1v) is 6.15. The van der Waals surface area contributed by atoms with Crippen LogP contribution >= 0.6 is 0 Å². The number of hydrogen-bond acceptors (Lipinski definition) is 3. The molecule has 0 spiro atoms. The van der Waals surface area contributed by atoms with Gasteiger partial charge in [0.1, 0.15) is 11.6 Å². The van der Waals surface area contributed by atoms with E-state index in [4.69, 9.17) is 5.73 Å². The molecule has 104 valence electrons. The smallest absolute Gasteiger partial charge is 0.255 e. The zero-order valence-corrected chi connectivity index (χ0v) is 10.8. The van der Waals surface area contributed by atoms with Gasteiger partial charge >= 0.3 is 0 Å². The summed E-state index contributed by atoms with van der Waals surface area (Å²) < 4.78 is 12.8. The molecule has 0 unspecified atom stereocenters. The van der Waals surface area contributed by atoms with Gasteiger partial charge in [-0.05, 0) is 23.3 Å².